The van der Waals surface area contributed by atoms with Crippen molar-refractivity contribution >= 4 is 21.4 Å². The van der Waals surface area contributed by atoms with Gasteiger partial charge in [0.25, 0.3) is 0 Å². The normalized spacial score (nSPS) is 11.6. The van der Waals surface area contributed by atoms with Gasteiger partial charge in [0.1, 0.15) is 5.69 Å². The SMILES string of the molecule is CC(C)CCNS(=O)(=O)c1cccc(NN)c1[N+](=O)[O-]. The Morgan fingerprint density at radius 1 is 1.40 bits per heavy atom. The van der Waals surface area contributed by atoms with Crippen molar-refractivity contribution in [1.82, 2.24) is 4.72 Å². The van der Waals surface area contributed by atoms with Gasteiger partial charge >= 0.3 is 5.69 Å². The van der Waals surface area contributed by atoms with Gasteiger partial charge in [0, 0.05) is 6.54 Å². The predicted octanol–water partition coefficient (Wildman–Crippen LogP) is 1.20. The highest BCUT2D eigenvalue weighted by Gasteiger charge is 2.28. The summed E-state index contributed by atoms with van der Waals surface area (Å²) in [6.45, 7) is 4.13. The van der Waals surface area contributed by atoms with Gasteiger partial charge in [-0.2, -0.15) is 0 Å². The molecule has 1 aromatic rings. The number of para-hydroxylation sites is 1. The average molecular weight is 302 g/mol. The van der Waals surface area contributed by atoms with E-state index in [9.17, 15) is 18.5 Å². The summed E-state index contributed by atoms with van der Waals surface area (Å²) in [5, 5.41) is 11.0. The van der Waals surface area contributed by atoms with E-state index in [0.717, 1.165) is 0 Å². The Kier molecular flexibility index (Phi) is 5.43. The van der Waals surface area contributed by atoms with Gasteiger partial charge < -0.3 is 5.43 Å². The molecule has 0 saturated carbocycles. The van der Waals surface area contributed by atoms with Gasteiger partial charge in [-0.1, -0.05) is 19.9 Å². The Hall–Kier alpha value is -1.71. The summed E-state index contributed by atoms with van der Waals surface area (Å²) < 4.78 is 26.6. The van der Waals surface area contributed by atoms with Crippen LogP contribution in [0, 0.1) is 16.0 Å². The second-order valence-corrected chi connectivity index (χ2v) is 6.37. The molecule has 0 atom stereocenters. The van der Waals surface area contributed by atoms with Crippen LogP contribution in [-0.2, 0) is 10.0 Å². The van der Waals surface area contributed by atoms with Crippen LogP contribution in [0.5, 0.6) is 0 Å². The molecule has 1 aromatic carbocycles. The number of benzene rings is 1. The highest BCUT2D eigenvalue weighted by molar-refractivity contribution is 7.89. The molecule has 0 saturated heterocycles. The van der Waals surface area contributed by atoms with Crippen molar-refractivity contribution in [3.05, 3.63) is 28.3 Å². The molecule has 8 nitrogen and oxygen atoms in total. The zero-order valence-corrected chi connectivity index (χ0v) is 12.1. The molecule has 0 aliphatic carbocycles. The Labute approximate surface area is 117 Å². The van der Waals surface area contributed by atoms with E-state index in [2.05, 4.69) is 10.1 Å². The fraction of sp³-hybridized carbons (Fsp3) is 0.455. The van der Waals surface area contributed by atoms with E-state index in [1.807, 2.05) is 13.8 Å². The molecule has 20 heavy (non-hydrogen) atoms. The third kappa shape index (κ3) is 3.89. The number of hydrogen-bond acceptors (Lipinski definition) is 6. The zero-order valence-electron chi connectivity index (χ0n) is 11.3. The smallest absolute Gasteiger partial charge is 0.313 e. The van der Waals surface area contributed by atoms with E-state index in [4.69, 9.17) is 5.84 Å². The average Bonchev–Trinajstić information content (AvgIpc) is 2.36. The predicted molar refractivity (Wildman–Crippen MR) is 75.6 cm³/mol. The summed E-state index contributed by atoms with van der Waals surface area (Å²) in [4.78, 5) is 9.88. The van der Waals surface area contributed by atoms with E-state index < -0.39 is 25.5 Å². The van der Waals surface area contributed by atoms with Crippen LogP contribution < -0.4 is 16.0 Å². The van der Waals surface area contributed by atoms with Crippen molar-refractivity contribution in [2.75, 3.05) is 12.0 Å². The van der Waals surface area contributed by atoms with Crippen molar-refractivity contribution in [2.45, 2.75) is 25.2 Å². The maximum absolute atomic E-state index is 12.1. The van der Waals surface area contributed by atoms with Crippen LogP contribution in [0.15, 0.2) is 23.1 Å². The number of nitro benzene ring substituents is 1. The summed E-state index contributed by atoms with van der Waals surface area (Å²) in [6, 6.07) is 3.90. The Bertz CT molecular complexity index is 586. The second-order valence-electron chi connectivity index (χ2n) is 4.63. The van der Waals surface area contributed by atoms with Gasteiger partial charge in [-0.3, -0.25) is 16.0 Å². The van der Waals surface area contributed by atoms with Crippen LogP contribution in [0.25, 0.3) is 0 Å². The van der Waals surface area contributed by atoms with Gasteiger partial charge in [-0.25, -0.2) is 13.1 Å². The minimum Gasteiger partial charge on any atom is -0.318 e. The second kappa shape index (κ2) is 6.64. The summed E-state index contributed by atoms with van der Waals surface area (Å²) in [5.41, 5.74) is 1.51. The lowest BCUT2D eigenvalue weighted by molar-refractivity contribution is -0.386. The molecule has 0 amide bonds. The van der Waals surface area contributed by atoms with Crippen molar-refractivity contribution in [3.8, 4) is 0 Å². The van der Waals surface area contributed by atoms with E-state index in [1.54, 1.807) is 0 Å². The van der Waals surface area contributed by atoms with Crippen molar-refractivity contribution in [3.63, 3.8) is 0 Å². The lowest BCUT2D eigenvalue weighted by Crippen LogP contribution is -2.26. The molecule has 112 valence electrons. The van der Waals surface area contributed by atoms with Gasteiger partial charge in [0.15, 0.2) is 4.90 Å². The molecule has 0 unspecified atom stereocenters. The maximum Gasteiger partial charge on any atom is 0.313 e. The molecule has 0 fully saturated rings. The molecule has 0 radical (unpaired) electrons. The first-order chi connectivity index (χ1) is 9.29. The molecule has 0 aromatic heterocycles. The number of sulfonamides is 1. The Balaban J connectivity index is 3.15. The van der Waals surface area contributed by atoms with Crippen LogP contribution >= 0.6 is 0 Å². The fourth-order valence-corrected chi connectivity index (χ4v) is 2.84. The molecule has 0 spiro atoms. The van der Waals surface area contributed by atoms with Crippen LogP contribution in [-0.4, -0.2) is 19.9 Å². The first-order valence-corrected chi connectivity index (χ1v) is 7.51. The first-order valence-electron chi connectivity index (χ1n) is 6.03. The number of hydrazine groups is 1. The molecule has 0 aliphatic heterocycles. The Morgan fingerprint density at radius 2 is 2.05 bits per heavy atom. The Morgan fingerprint density at radius 3 is 2.55 bits per heavy atom. The van der Waals surface area contributed by atoms with E-state index >= 15 is 0 Å². The van der Waals surface area contributed by atoms with Gasteiger partial charge in [-0.05, 0) is 24.5 Å². The summed E-state index contributed by atoms with van der Waals surface area (Å²) in [5.74, 6) is 5.49. The van der Waals surface area contributed by atoms with Gasteiger partial charge in [-0.15, -0.1) is 0 Å². The number of nitrogens with one attached hydrogen (secondary N) is 2. The molecular formula is C11H18N4O4S. The van der Waals surface area contributed by atoms with Crippen LogP contribution in [0.3, 0.4) is 0 Å². The van der Waals surface area contributed by atoms with E-state index in [0.29, 0.717) is 12.3 Å². The van der Waals surface area contributed by atoms with Crippen molar-refractivity contribution in [1.29, 1.82) is 0 Å². The molecular weight excluding hydrogens is 284 g/mol. The molecule has 0 aliphatic rings. The standard InChI is InChI=1S/C11H18N4O4S/c1-8(2)6-7-13-20(18,19)10-5-3-4-9(14-12)11(10)15(16)17/h3-5,8,13-14H,6-7,12H2,1-2H3. The lowest BCUT2D eigenvalue weighted by atomic mass is 10.1. The zero-order chi connectivity index (χ0) is 15.3. The minimum atomic E-state index is -3.95. The molecule has 0 heterocycles. The third-order valence-corrected chi connectivity index (χ3v) is 4.13. The number of nitrogen functional groups attached to an aromatic ring is 1. The number of nitrogens with zero attached hydrogens (tertiary/aromatic N) is 1. The lowest BCUT2D eigenvalue weighted by Gasteiger charge is -2.10. The quantitative estimate of drug-likeness (QED) is 0.394. The molecule has 4 N–H and O–H groups in total. The van der Waals surface area contributed by atoms with Crippen LogP contribution in [0.2, 0.25) is 0 Å². The minimum absolute atomic E-state index is 0.0539. The van der Waals surface area contributed by atoms with Gasteiger partial charge in [0.05, 0.1) is 4.92 Å². The first kappa shape index (κ1) is 16.3. The van der Waals surface area contributed by atoms with E-state index in [-0.39, 0.29) is 12.2 Å². The largest absolute Gasteiger partial charge is 0.318 e. The number of nitro groups is 1. The van der Waals surface area contributed by atoms with Crippen LogP contribution in [0.4, 0.5) is 11.4 Å². The molecule has 1 rings (SSSR count). The number of hydrogen-bond donors (Lipinski definition) is 3. The van der Waals surface area contributed by atoms with Crippen molar-refractivity contribution < 1.29 is 13.3 Å². The monoisotopic (exact) mass is 302 g/mol. The fourth-order valence-electron chi connectivity index (χ4n) is 1.60. The van der Waals surface area contributed by atoms with Gasteiger partial charge in [0.2, 0.25) is 10.0 Å². The van der Waals surface area contributed by atoms with Crippen molar-refractivity contribution in [2.24, 2.45) is 11.8 Å². The maximum atomic E-state index is 12.1. The highest BCUT2D eigenvalue weighted by Crippen LogP contribution is 2.31. The summed E-state index contributed by atoms with van der Waals surface area (Å²) in [7, 11) is -3.95. The summed E-state index contributed by atoms with van der Waals surface area (Å²) in [6.07, 6.45) is 0.641. The molecule has 0 bridgehead atoms. The summed E-state index contributed by atoms with van der Waals surface area (Å²) >= 11 is 0. The topological polar surface area (TPSA) is 127 Å². The van der Waals surface area contributed by atoms with E-state index in [1.165, 1.54) is 18.2 Å². The highest BCUT2D eigenvalue weighted by atomic mass is 32.2. The number of rotatable bonds is 7. The number of anilines is 1. The number of nitrogens with two attached hydrogens (primary N) is 1. The van der Waals surface area contributed by atoms with Crippen LogP contribution in [0.1, 0.15) is 20.3 Å². The molecule has 9 heteroatoms. The third-order valence-electron chi connectivity index (χ3n) is 2.64.